The van der Waals surface area contributed by atoms with Crippen molar-refractivity contribution in [2.45, 2.75) is 40.2 Å². The Morgan fingerprint density at radius 2 is 2.00 bits per heavy atom. The monoisotopic (exact) mass is 261 g/mol. The summed E-state index contributed by atoms with van der Waals surface area (Å²) < 4.78 is 31.0. The van der Waals surface area contributed by atoms with Crippen molar-refractivity contribution in [3.05, 3.63) is 11.8 Å². The number of nitrogens with zero attached hydrogens (tertiary/aromatic N) is 2. The van der Waals surface area contributed by atoms with Crippen LogP contribution in [0.1, 0.15) is 45.0 Å². The summed E-state index contributed by atoms with van der Waals surface area (Å²) in [5.41, 5.74) is 0. The van der Waals surface area contributed by atoms with Crippen molar-refractivity contribution in [3.8, 4) is 0 Å². The van der Waals surface area contributed by atoms with E-state index in [1.165, 1.54) is 0 Å². The van der Waals surface area contributed by atoms with Crippen LogP contribution in [0.2, 0.25) is 0 Å². The fraction of sp³-hybridized carbons (Fsp3) is 0.800. The van der Waals surface area contributed by atoms with Gasteiger partial charge in [-0.05, 0) is 19.3 Å². The van der Waals surface area contributed by atoms with Gasteiger partial charge >= 0.3 is 0 Å². The van der Waals surface area contributed by atoms with Crippen molar-refractivity contribution in [2.24, 2.45) is 5.92 Å². The lowest BCUT2D eigenvalue weighted by Crippen LogP contribution is -2.31. The normalized spacial score (nSPS) is 14.2. The lowest BCUT2D eigenvalue weighted by atomic mass is 10.0. The van der Waals surface area contributed by atoms with Gasteiger partial charge in [-0.15, -0.1) is 10.2 Å². The molecule has 0 aliphatic carbocycles. The summed E-state index contributed by atoms with van der Waals surface area (Å²) >= 11 is 0. The molecule has 1 atom stereocenters. The molecule has 0 amide bonds. The number of sulfonamides is 1. The highest BCUT2D eigenvalue weighted by Gasteiger charge is 2.23. The summed E-state index contributed by atoms with van der Waals surface area (Å²) in [6.45, 7) is 7.29. The van der Waals surface area contributed by atoms with Gasteiger partial charge in [-0.3, -0.25) is 0 Å². The van der Waals surface area contributed by atoms with Gasteiger partial charge in [0.2, 0.25) is 21.8 Å². The molecule has 0 aliphatic heterocycles. The minimum atomic E-state index is -3.28. The van der Waals surface area contributed by atoms with Crippen LogP contribution in [0.25, 0.3) is 0 Å². The quantitative estimate of drug-likeness (QED) is 0.836. The maximum Gasteiger partial charge on any atom is 0.234 e. The zero-order chi connectivity index (χ0) is 13.1. The Balaban J connectivity index is 2.88. The number of aromatic nitrogens is 2. The minimum Gasteiger partial charge on any atom is -0.424 e. The molecule has 0 fully saturated rings. The standard InChI is InChI=1S/C10H19N3O3S/c1-5-17(14,15)13-9(6-7(2)3)10-12-11-8(4)16-10/h7,9,13H,5-6H2,1-4H3. The second-order valence-corrected chi connectivity index (χ2v) is 6.41. The topological polar surface area (TPSA) is 85.1 Å². The molecule has 0 spiro atoms. The second-order valence-electron chi connectivity index (χ2n) is 4.36. The van der Waals surface area contributed by atoms with E-state index in [2.05, 4.69) is 14.9 Å². The van der Waals surface area contributed by atoms with Crippen molar-refractivity contribution in [1.29, 1.82) is 0 Å². The van der Waals surface area contributed by atoms with Crippen molar-refractivity contribution in [2.75, 3.05) is 5.75 Å². The Kier molecular flexibility index (Phi) is 4.64. The van der Waals surface area contributed by atoms with Gasteiger partial charge in [0.1, 0.15) is 6.04 Å². The molecule has 7 heteroatoms. The van der Waals surface area contributed by atoms with Crippen LogP contribution < -0.4 is 4.72 Å². The molecule has 1 heterocycles. The average molecular weight is 261 g/mol. The number of nitrogens with one attached hydrogen (secondary N) is 1. The summed E-state index contributed by atoms with van der Waals surface area (Å²) in [5, 5.41) is 7.59. The highest BCUT2D eigenvalue weighted by molar-refractivity contribution is 7.89. The van der Waals surface area contributed by atoms with Gasteiger partial charge in [0, 0.05) is 6.92 Å². The first kappa shape index (κ1) is 14.1. The highest BCUT2D eigenvalue weighted by atomic mass is 32.2. The lowest BCUT2D eigenvalue weighted by molar-refractivity contribution is 0.372. The highest BCUT2D eigenvalue weighted by Crippen LogP contribution is 2.21. The third-order valence-corrected chi connectivity index (χ3v) is 3.65. The Morgan fingerprint density at radius 1 is 1.35 bits per heavy atom. The maximum atomic E-state index is 11.6. The number of aryl methyl sites for hydroxylation is 1. The van der Waals surface area contributed by atoms with Crippen LogP contribution >= 0.6 is 0 Å². The molecule has 1 N–H and O–H groups in total. The third-order valence-electron chi connectivity index (χ3n) is 2.25. The van der Waals surface area contributed by atoms with Gasteiger partial charge < -0.3 is 4.42 Å². The number of hydrogen-bond donors (Lipinski definition) is 1. The molecule has 1 rings (SSSR count). The first-order valence-electron chi connectivity index (χ1n) is 5.64. The van der Waals surface area contributed by atoms with Crippen LogP contribution in [-0.4, -0.2) is 24.4 Å². The van der Waals surface area contributed by atoms with Crippen LogP contribution in [0, 0.1) is 12.8 Å². The molecule has 0 radical (unpaired) electrons. The van der Waals surface area contributed by atoms with Crippen LogP contribution in [0.3, 0.4) is 0 Å². The van der Waals surface area contributed by atoms with Gasteiger partial charge in [0.05, 0.1) is 5.75 Å². The summed E-state index contributed by atoms with van der Waals surface area (Å²) in [4.78, 5) is 0. The summed E-state index contributed by atoms with van der Waals surface area (Å²) in [7, 11) is -3.28. The first-order chi connectivity index (χ1) is 7.84. The van der Waals surface area contributed by atoms with E-state index in [1.54, 1.807) is 13.8 Å². The van der Waals surface area contributed by atoms with Crippen LogP contribution in [0.4, 0.5) is 0 Å². The molecule has 0 saturated carbocycles. The van der Waals surface area contributed by atoms with Gasteiger partial charge in [0.15, 0.2) is 0 Å². The molecule has 1 aromatic heterocycles. The van der Waals surface area contributed by atoms with E-state index < -0.39 is 16.1 Å². The third kappa shape index (κ3) is 4.43. The number of hydrogen-bond acceptors (Lipinski definition) is 5. The van der Waals surface area contributed by atoms with Crippen molar-refractivity contribution < 1.29 is 12.8 Å². The Labute approximate surface area is 102 Å². The van der Waals surface area contributed by atoms with E-state index in [-0.39, 0.29) is 5.75 Å². The summed E-state index contributed by atoms with van der Waals surface area (Å²) in [6, 6.07) is -0.443. The van der Waals surface area contributed by atoms with E-state index in [0.29, 0.717) is 24.1 Å². The van der Waals surface area contributed by atoms with Gasteiger partial charge in [0.25, 0.3) is 0 Å². The molecule has 17 heavy (non-hydrogen) atoms. The Morgan fingerprint density at radius 3 is 2.41 bits per heavy atom. The maximum absolute atomic E-state index is 11.6. The molecule has 6 nitrogen and oxygen atoms in total. The molecule has 1 aromatic rings. The second kappa shape index (κ2) is 5.59. The van der Waals surface area contributed by atoms with E-state index in [0.717, 1.165) is 0 Å². The molecule has 98 valence electrons. The van der Waals surface area contributed by atoms with Gasteiger partial charge in [-0.25, -0.2) is 13.1 Å². The van der Waals surface area contributed by atoms with Gasteiger partial charge in [-0.2, -0.15) is 0 Å². The fourth-order valence-electron chi connectivity index (χ4n) is 1.42. The van der Waals surface area contributed by atoms with E-state index in [4.69, 9.17) is 4.42 Å². The van der Waals surface area contributed by atoms with Crippen LogP contribution in [0.15, 0.2) is 4.42 Å². The van der Waals surface area contributed by atoms with E-state index in [9.17, 15) is 8.42 Å². The summed E-state index contributed by atoms with van der Waals surface area (Å²) in [5.74, 6) is 1.12. The van der Waals surface area contributed by atoms with E-state index >= 15 is 0 Å². The molecule has 0 aliphatic rings. The molecular weight excluding hydrogens is 242 g/mol. The first-order valence-corrected chi connectivity index (χ1v) is 7.29. The smallest absolute Gasteiger partial charge is 0.234 e. The lowest BCUT2D eigenvalue weighted by Gasteiger charge is -2.16. The number of rotatable bonds is 6. The molecular formula is C10H19N3O3S. The molecule has 0 saturated heterocycles. The van der Waals surface area contributed by atoms with Crippen LogP contribution in [-0.2, 0) is 10.0 Å². The average Bonchev–Trinajstić information content (AvgIpc) is 2.63. The predicted molar refractivity (Wildman–Crippen MR) is 63.8 cm³/mol. The predicted octanol–water partition coefficient (Wildman–Crippen LogP) is 1.40. The minimum absolute atomic E-state index is 0.0364. The van der Waals surface area contributed by atoms with Crippen molar-refractivity contribution in [1.82, 2.24) is 14.9 Å². The molecule has 1 unspecified atom stereocenters. The fourth-order valence-corrected chi connectivity index (χ4v) is 2.22. The molecule has 0 aromatic carbocycles. The van der Waals surface area contributed by atoms with Crippen molar-refractivity contribution >= 4 is 10.0 Å². The van der Waals surface area contributed by atoms with E-state index in [1.807, 2.05) is 13.8 Å². The summed E-state index contributed by atoms with van der Waals surface area (Å²) in [6.07, 6.45) is 0.626. The van der Waals surface area contributed by atoms with Crippen LogP contribution in [0.5, 0.6) is 0 Å². The Hall–Kier alpha value is -0.950. The van der Waals surface area contributed by atoms with Gasteiger partial charge in [-0.1, -0.05) is 13.8 Å². The largest absolute Gasteiger partial charge is 0.424 e. The molecule has 0 bridgehead atoms. The SMILES string of the molecule is CCS(=O)(=O)NC(CC(C)C)c1nnc(C)o1. The zero-order valence-corrected chi connectivity index (χ0v) is 11.4. The zero-order valence-electron chi connectivity index (χ0n) is 10.6. The Bertz CT molecular complexity index is 453. The van der Waals surface area contributed by atoms with Crippen molar-refractivity contribution in [3.63, 3.8) is 0 Å².